The molecular formula is C9H13NO9P2. The van der Waals surface area contributed by atoms with Gasteiger partial charge in [0.05, 0.1) is 0 Å². The molecule has 0 heterocycles. The third-order valence-corrected chi connectivity index (χ3v) is 4.24. The third-order valence-electron chi connectivity index (χ3n) is 2.13. The number of benzene rings is 1. The Kier molecular flexibility index (Phi) is 5.66. The van der Waals surface area contributed by atoms with Crippen LogP contribution in [0.3, 0.4) is 0 Å². The summed E-state index contributed by atoms with van der Waals surface area (Å²) in [5, 5.41) is 8.65. The lowest BCUT2D eigenvalue weighted by molar-refractivity contribution is -0.138. The van der Waals surface area contributed by atoms with Crippen molar-refractivity contribution in [3.05, 3.63) is 29.8 Å². The lowest BCUT2D eigenvalue weighted by Crippen LogP contribution is -2.32. The number of carbonyl (C=O) groups is 1. The minimum Gasteiger partial charge on any atom is -0.480 e. The minimum atomic E-state index is -5.18. The van der Waals surface area contributed by atoms with Gasteiger partial charge in [0.1, 0.15) is 11.8 Å². The molecule has 1 aromatic rings. The van der Waals surface area contributed by atoms with Crippen LogP contribution in [0.2, 0.25) is 0 Å². The van der Waals surface area contributed by atoms with Crippen LogP contribution in [0.25, 0.3) is 0 Å². The van der Waals surface area contributed by atoms with E-state index in [1.165, 1.54) is 24.3 Å². The quantitative estimate of drug-likeness (QED) is 0.431. The van der Waals surface area contributed by atoms with Crippen molar-refractivity contribution in [2.75, 3.05) is 0 Å². The Hall–Kier alpha value is -1.25. The van der Waals surface area contributed by atoms with Crippen molar-refractivity contribution in [3.63, 3.8) is 0 Å². The van der Waals surface area contributed by atoms with Crippen molar-refractivity contribution >= 4 is 21.6 Å². The van der Waals surface area contributed by atoms with E-state index in [-0.39, 0.29) is 12.2 Å². The maximum absolute atomic E-state index is 11.3. The van der Waals surface area contributed by atoms with E-state index in [1.54, 1.807) is 0 Å². The van der Waals surface area contributed by atoms with Crippen molar-refractivity contribution in [1.29, 1.82) is 0 Å². The highest BCUT2D eigenvalue weighted by atomic mass is 31.3. The van der Waals surface area contributed by atoms with Crippen LogP contribution in [0.1, 0.15) is 5.56 Å². The number of hydrogen-bond donors (Lipinski definition) is 5. The Bertz CT molecular complexity index is 596. The van der Waals surface area contributed by atoms with E-state index >= 15 is 0 Å². The van der Waals surface area contributed by atoms with Crippen LogP contribution >= 0.6 is 15.6 Å². The molecule has 1 rings (SSSR count). The molecule has 0 aliphatic carbocycles. The van der Waals surface area contributed by atoms with E-state index < -0.39 is 27.7 Å². The molecule has 0 spiro atoms. The number of carboxylic acid groups (broad SMARTS) is 1. The number of phosphoric acid groups is 2. The number of nitrogens with two attached hydrogens (primary N) is 1. The average molecular weight is 341 g/mol. The number of carboxylic acids is 1. The van der Waals surface area contributed by atoms with Crippen LogP contribution in [-0.4, -0.2) is 31.8 Å². The molecule has 0 aromatic heterocycles. The summed E-state index contributed by atoms with van der Waals surface area (Å²) in [5.41, 5.74) is 5.86. The molecule has 0 aliphatic rings. The molecule has 0 aliphatic heterocycles. The summed E-state index contributed by atoms with van der Waals surface area (Å²) in [7, 11) is -10.2. The van der Waals surface area contributed by atoms with Crippen LogP contribution in [-0.2, 0) is 24.7 Å². The monoisotopic (exact) mass is 341 g/mol. The van der Waals surface area contributed by atoms with Crippen LogP contribution in [0.15, 0.2) is 24.3 Å². The minimum absolute atomic E-state index is 0.0331. The van der Waals surface area contributed by atoms with Gasteiger partial charge in [-0.25, -0.2) is 9.13 Å². The Labute approximate surface area is 119 Å². The molecule has 0 radical (unpaired) electrons. The fourth-order valence-electron chi connectivity index (χ4n) is 1.31. The maximum Gasteiger partial charge on any atom is 0.536 e. The summed E-state index contributed by atoms with van der Waals surface area (Å²) < 4.78 is 29.8. The van der Waals surface area contributed by atoms with E-state index in [2.05, 4.69) is 8.83 Å². The first-order valence-corrected chi connectivity index (χ1v) is 8.38. The van der Waals surface area contributed by atoms with Gasteiger partial charge >= 0.3 is 21.6 Å². The number of phosphoric ester groups is 1. The summed E-state index contributed by atoms with van der Waals surface area (Å²) in [4.78, 5) is 36.6. The number of aliphatic carboxylic acids is 1. The molecule has 0 saturated carbocycles. The smallest absolute Gasteiger partial charge is 0.480 e. The second-order valence-corrected chi connectivity index (χ2v) is 6.68. The summed E-state index contributed by atoms with van der Waals surface area (Å²) in [6.07, 6.45) is 0.0331. The lowest BCUT2D eigenvalue weighted by Gasteiger charge is -2.13. The van der Waals surface area contributed by atoms with Crippen molar-refractivity contribution in [1.82, 2.24) is 0 Å². The zero-order valence-corrected chi connectivity index (χ0v) is 12.2. The molecule has 0 bridgehead atoms. The first kappa shape index (κ1) is 17.8. The first-order chi connectivity index (χ1) is 9.48. The fraction of sp³-hybridized carbons (Fsp3) is 0.222. The molecule has 10 nitrogen and oxygen atoms in total. The second kappa shape index (κ2) is 6.67. The molecule has 21 heavy (non-hydrogen) atoms. The predicted molar refractivity (Wildman–Crippen MR) is 69.3 cm³/mol. The summed E-state index contributed by atoms with van der Waals surface area (Å²) >= 11 is 0. The van der Waals surface area contributed by atoms with Gasteiger partial charge in [0.15, 0.2) is 0 Å². The summed E-state index contributed by atoms with van der Waals surface area (Å²) in [5.74, 6) is -1.37. The molecule has 2 atom stereocenters. The van der Waals surface area contributed by atoms with E-state index in [0.29, 0.717) is 5.56 Å². The molecule has 0 amide bonds. The van der Waals surface area contributed by atoms with E-state index in [0.717, 1.165) is 0 Å². The molecule has 12 heteroatoms. The van der Waals surface area contributed by atoms with Gasteiger partial charge in [-0.3, -0.25) is 9.69 Å². The molecule has 6 N–H and O–H groups in total. The maximum atomic E-state index is 11.3. The van der Waals surface area contributed by atoms with Crippen molar-refractivity contribution in [2.45, 2.75) is 12.5 Å². The van der Waals surface area contributed by atoms with E-state index in [4.69, 9.17) is 25.5 Å². The van der Waals surface area contributed by atoms with Crippen molar-refractivity contribution < 1.29 is 42.5 Å². The van der Waals surface area contributed by atoms with E-state index in [9.17, 15) is 13.9 Å². The van der Waals surface area contributed by atoms with Crippen LogP contribution in [0, 0.1) is 0 Å². The van der Waals surface area contributed by atoms with Gasteiger partial charge in [-0.05, 0) is 24.1 Å². The van der Waals surface area contributed by atoms with Crippen LogP contribution in [0.5, 0.6) is 5.75 Å². The Morgan fingerprint density at radius 2 is 1.71 bits per heavy atom. The Morgan fingerprint density at radius 3 is 2.14 bits per heavy atom. The molecule has 0 fully saturated rings. The lowest BCUT2D eigenvalue weighted by atomic mass is 10.1. The number of hydrogen-bond acceptors (Lipinski definition) is 6. The normalized spacial score (nSPS) is 16.0. The standard InChI is InChI=1S/C9H13NO9P2/c10-8(9(11)12)5-6-1-3-7(4-2-6)18-21(16,17)19-20(13,14)15/h1-4,8H,5,10H2,(H,11,12)(H,16,17)(H2,13,14,15). The van der Waals surface area contributed by atoms with Gasteiger partial charge in [-0.2, -0.15) is 4.31 Å². The molecule has 1 aromatic carbocycles. The summed E-state index contributed by atoms with van der Waals surface area (Å²) in [6.45, 7) is 0. The van der Waals surface area contributed by atoms with Gasteiger partial charge in [0.2, 0.25) is 0 Å². The third kappa shape index (κ3) is 6.83. The highest BCUT2D eigenvalue weighted by Gasteiger charge is 2.33. The molecule has 0 saturated heterocycles. The highest BCUT2D eigenvalue weighted by Crippen LogP contribution is 2.57. The highest BCUT2D eigenvalue weighted by molar-refractivity contribution is 7.60. The molecule has 118 valence electrons. The fourth-order valence-corrected chi connectivity index (χ4v) is 2.91. The van der Waals surface area contributed by atoms with Gasteiger partial charge < -0.3 is 25.2 Å². The molecular weight excluding hydrogens is 328 g/mol. The average Bonchev–Trinajstić information content (AvgIpc) is 2.27. The zero-order chi connectivity index (χ0) is 16.3. The topological polar surface area (TPSA) is 177 Å². The van der Waals surface area contributed by atoms with Crippen molar-refractivity contribution in [3.8, 4) is 5.75 Å². The van der Waals surface area contributed by atoms with Gasteiger partial charge in [0, 0.05) is 0 Å². The Morgan fingerprint density at radius 1 is 1.19 bits per heavy atom. The van der Waals surface area contributed by atoms with Gasteiger partial charge in [-0.15, -0.1) is 0 Å². The zero-order valence-electron chi connectivity index (χ0n) is 10.4. The largest absolute Gasteiger partial charge is 0.536 e. The van der Waals surface area contributed by atoms with Crippen LogP contribution < -0.4 is 10.3 Å². The van der Waals surface area contributed by atoms with Crippen LogP contribution in [0.4, 0.5) is 0 Å². The summed E-state index contributed by atoms with van der Waals surface area (Å²) in [6, 6.07) is 4.08. The number of rotatable bonds is 7. The van der Waals surface area contributed by atoms with Crippen molar-refractivity contribution in [2.24, 2.45) is 5.73 Å². The predicted octanol–water partition coefficient (Wildman–Crippen LogP) is 0.229. The second-order valence-electron chi connectivity index (χ2n) is 3.92. The van der Waals surface area contributed by atoms with Gasteiger partial charge in [-0.1, -0.05) is 12.1 Å². The van der Waals surface area contributed by atoms with Gasteiger partial charge in [0.25, 0.3) is 0 Å². The van der Waals surface area contributed by atoms with E-state index in [1.807, 2.05) is 0 Å². The Balaban J connectivity index is 2.73. The molecule has 2 unspecified atom stereocenters. The first-order valence-electron chi connectivity index (χ1n) is 5.35. The SMILES string of the molecule is NC(Cc1ccc(OP(=O)(O)OP(=O)(O)O)cc1)C(=O)O.